The number of halogens is 6. The number of anilines is 1. The number of ether oxygens (including phenoxy) is 1. The summed E-state index contributed by atoms with van der Waals surface area (Å²) in [6.45, 7) is -2.46. The lowest BCUT2D eigenvalue weighted by Crippen LogP contribution is -2.15. The lowest BCUT2D eigenvalue weighted by molar-refractivity contribution is -0.142. The van der Waals surface area contributed by atoms with Crippen molar-refractivity contribution in [3.63, 3.8) is 0 Å². The minimum Gasteiger partial charge on any atom is -0.416 e. The van der Waals surface area contributed by atoms with Crippen molar-refractivity contribution in [1.82, 2.24) is 4.98 Å². The van der Waals surface area contributed by atoms with Crippen LogP contribution in [0, 0.1) is 0 Å². The maximum absolute atomic E-state index is 12.6. The number of aromatic nitrogens is 1. The summed E-state index contributed by atoms with van der Waals surface area (Å²) in [5.41, 5.74) is -1.56. The largest absolute Gasteiger partial charge is 0.421 e. The second-order valence-corrected chi connectivity index (χ2v) is 3.64. The van der Waals surface area contributed by atoms with E-state index in [1.807, 2.05) is 5.32 Å². The highest BCUT2D eigenvalue weighted by atomic mass is 35.5. The van der Waals surface area contributed by atoms with Crippen LogP contribution in [-0.4, -0.2) is 17.5 Å². The minimum absolute atomic E-state index is 0.345. The average Bonchev–Trinajstić information content (AvgIpc) is 2.19. The van der Waals surface area contributed by atoms with Crippen LogP contribution >= 0.6 is 11.6 Å². The first-order valence-corrected chi connectivity index (χ1v) is 4.99. The molecule has 0 radical (unpaired) electrons. The maximum Gasteiger partial charge on any atom is 0.421 e. The summed E-state index contributed by atoms with van der Waals surface area (Å²) in [7, 11) is 0. The van der Waals surface area contributed by atoms with Gasteiger partial charge in [0.25, 0.3) is 0 Å². The lowest BCUT2D eigenvalue weighted by Gasteiger charge is -2.14. The van der Waals surface area contributed by atoms with E-state index in [1.165, 1.54) is 0 Å². The minimum atomic E-state index is -4.98. The summed E-state index contributed by atoms with van der Waals surface area (Å²) in [5, 5.41) is 1.44. The van der Waals surface area contributed by atoms with Gasteiger partial charge in [-0.3, -0.25) is 4.79 Å². The van der Waals surface area contributed by atoms with Crippen LogP contribution in [0.15, 0.2) is 6.07 Å². The molecule has 0 fully saturated rings. The van der Waals surface area contributed by atoms with E-state index < -0.39 is 41.0 Å². The van der Waals surface area contributed by atoms with E-state index in [0.29, 0.717) is 6.07 Å². The molecule has 0 aliphatic heterocycles. The van der Waals surface area contributed by atoms with Crippen LogP contribution in [0.3, 0.4) is 0 Å². The van der Waals surface area contributed by atoms with Gasteiger partial charge in [0.05, 0.1) is 5.02 Å². The normalized spacial score (nSPS) is 11.6. The molecular weight excluding hydrogens is 299 g/mol. The highest BCUT2D eigenvalue weighted by molar-refractivity contribution is 6.33. The molecule has 1 N–H and O–H groups in total. The molecule has 0 saturated heterocycles. The van der Waals surface area contributed by atoms with Gasteiger partial charge < -0.3 is 10.1 Å². The highest BCUT2D eigenvalue weighted by Crippen LogP contribution is 2.39. The van der Waals surface area contributed by atoms with Gasteiger partial charge in [0, 0.05) is 6.92 Å². The Kier molecular flexibility index (Phi) is 4.51. The molecule has 0 aliphatic carbocycles. The maximum atomic E-state index is 12.6. The quantitative estimate of drug-likeness (QED) is 0.872. The second-order valence-electron chi connectivity index (χ2n) is 3.23. The Morgan fingerprint density at radius 3 is 2.47 bits per heavy atom. The van der Waals surface area contributed by atoms with Crippen LogP contribution in [0.25, 0.3) is 0 Å². The molecule has 1 heterocycles. The molecule has 1 amide bonds. The molecule has 106 valence electrons. The zero-order valence-corrected chi connectivity index (χ0v) is 9.94. The van der Waals surface area contributed by atoms with Crippen LogP contribution in [0.1, 0.15) is 12.5 Å². The summed E-state index contributed by atoms with van der Waals surface area (Å²) < 4.78 is 65.4. The predicted octanol–water partition coefficient (Wildman–Crippen LogP) is 3.31. The molecule has 0 unspecified atom stereocenters. The molecule has 0 atom stereocenters. The summed E-state index contributed by atoms with van der Waals surface area (Å²) in [4.78, 5) is 13.9. The van der Waals surface area contributed by atoms with Crippen molar-refractivity contribution < 1.29 is 31.5 Å². The smallest absolute Gasteiger partial charge is 0.416 e. The molecule has 0 spiro atoms. The van der Waals surface area contributed by atoms with Gasteiger partial charge in [-0.05, 0) is 6.07 Å². The van der Waals surface area contributed by atoms with Gasteiger partial charge in [-0.25, -0.2) is 0 Å². The summed E-state index contributed by atoms with van der Waals surface area (Å²) in [6, 6.07) is 0.345. The van der Waals surface area contributed by atoms with E-state index in [1.54, 1.807) is 0 Å². The van der Waals surface area contributed by atoms with Crippen LogP contribution in [0.5, 0.6) is 5.88 Å². The number of rotatable bonds is 3. The fourth-order valence-electron chi connectivity index (χ4n) is 1.10. The first kappa shape index (κ1) is 15.4. The number of carbonyl (C=O) groups excluding carboxylic acids is 1. The van der Waals surface area contributed by atoms with Crippen molar-refractivity contribution in [3.05, 3.63) is 16.7 Å². The van der Waals surface area contributed by atoms with E-state index in [-0.39, 0.29) is 0 Å². The molecule has 1 rings (SSSR count). The molecule has 19 heavy (non-hydrogen) atoms. The number of hydrogen-bond donors (Lipinski definition) is 1. The van der Waals surface area contributed by atoms with E-state index in [9.17, 15) is 26.7 Å². The lowest BCUT2D eigenvalue weighted by atomic mass is 10.2. The molecule has 0 bridgehead atoms. The second kappa shape index (κ2) is 5.55. The third-order valence-electron chi connectivity index (χ3n) is 1.74. The summed E-state index contributed by atoms with van der Waals surface area (Å²) in [5.74, 6) is -2.55. The van der Waals surface area contributed by atoms with Gasteiger partial charge in [0.15, 0.2) is 5.82 Å². The molecule has 4 nitrogen and oxygen atoms in total. The van der Waals surface area contributed by atoms with Crippen molar-refractivity contribution in [2.45, 2.75) is 19.7 Å². The van der Waals surface area contributed by atoms with Crippen molar-refractivity contribution in [1.29, 1.82) is 0 Å². The zero-order valence-electron chi connectivity index (χ0n) is 9.19. The fraction of sp³-hybridized carbons (Fsp3) is 0.333. The van der Waals surface area contributed by atoms with Gasteiger partial charge in [0.2, 0.25) is 11.8 Å². The van der Waals surface area contributed by atoms with Crippen molar-refractivity contribution >= 4 is 23.3 Å². The first-order valence-electron chi connectivity index (χ1n) is 4.61. The SMILES string of the molecule is CC(=O)Nc1nc(OC(F)F)c(C(F)(F)F)cc1Cl. The Hall–Kier alpha value is -1.64. The molecule has 1 aromatic heterocycles. The third-order valence-corrected chi connectivity index (χ3v) is 2.03. The zero-order chi connectivity index (χ0) is 14.8. The fourth-order valence-corrected chi connectivity index (χ4v) is 1.30. The van der Waals surface area contributed by atoms with Crippen molar-refractivity contribution in [2.75, 3.05) is 5.32 Å². The Balaban J connectivity index is 3.32. The van der Waals surface area contributed by atoms with Crippen molar-refractivity contribution in [3.8, 4) is 5.88 Å². The predicted molar refractivity (Wildman–Crippen MR) is 55.2 cm³/mol. The number of nitrogens with one attached hydrogen (secondary N) is 1. The monoisotopic (exact) mass is 304 g/mol. The van der Waals surface area contributed by atoms with E-state index in [4.69, 9.17) is 11.6 Å². The van der Waals surface area contributed by atoms with Gasteiger partial charge in [-0.2, -0.15) is 26.9 Å². The van der Waals surface area contributed by atoms with Crippen LogP contribution in [0.4, 0.5) is 27.8 Å². The van der Waals surface area contributed by atoms with Gasteiger partial charge >= 0.3 is 12.8 Å². The molecular formula is C9H6ClF5N2O2. The molecule has 0 aliphatic rings. The van der Waals surface area contributed by atoms with E-state index >= 15 is 0 Å². The standard InChI is InChI=1S/C9H6ClF5N2O2/c1-3(18)16-6-5(10)2-4(9(13,14)15)7(17-6)19-8(11)12/h2,8H,1H3,(H,16,17,18). The van der Waals surface area contributed by atoms with Crippen LogP contribution in [0.2, 0.25) is 5.02 Å². The summed E-state index contributed by atoms with van der Waals surface area (Å²) in [6.07, 6.45) is -4.98. The third kappa shape index (κ3) is 4.19. The van der Waals surface area contributed by atoms with Gasteiger partial charge in [-0.1, -0.05) is 11.6 Å². The highest BCUT2D eigenvalue weighted by Gasteiger charge is 2.37. The number of amides is 1. The van der Waals surface area contributed by atoms with E-state index in [2.05, 4.69) is 9.72 Å². The first-order chi connectivity index (χ1) is 8.61. The summed E-state index contributed by atoms with van der Waals surface area (Å²) >= 11 is 5.47. The number of pyridine rings is 1. The average molecular weight is 305 g/mol. The number of alkyl halides is 5. The number of hydrogen-bond acceptors (Lipinski definition) is 3. The molecule has 0 saturated carbocycles. The van der Waals surface area contributed by atoms with Crippen molar-refractivity contribution in [2.24, 2.45) is 0 Å². The number of nitrogens with zero attached hydrogens (tertiary/aromatic N) is 1. The van der Waals surface area contributed by atoms with Crippen LogP contribution in [-0.2, 0) is 11.0 Å². The topological polar surface area (TPSA) is 51.2 Å². The Labute approximate surface area is 108 Å². The Bertz CT molecular complexity index is 492. The Morgan fingerprint density at radius 1 is 1.47 bits per heavy atom. The van der Waals surface area contributed by atoms with Gasteiger partial charge in [0.1, 0.15) is 5.56 Å². The Morgan fingerprint density at radius 2 is 2.05 bits per heavy atom. The van der Waals surface area contributed by atoms with Gasteiger partial charge in [-0.15, -0.1) is 0 Å². The van der Waals surface area contributed by atoms with E-state index in [0.717, 1.165) is 6.92 Å². The molecule has 0 aromatic carbocycles. The number of carbonyl (C=O) groups is 1. The molecule has 10 heteroatoms. The van der Waals surface area contributed by atoms with Crippen LogP contribution < -0.4 is 10.1 Å². The molecule has 1 aromatic rings.